The van der Waals surface area contributed by atoms with Crippen molar-refractivity contribution < 1.29 is 23.4 Å². The third-order valence-electron chi connectivity index (χ3n) is 4.99. The Morgan fingerprint density at radius 3 is 2.19 bits per heavy atom. The van der Waals surface area contributed by atoms with Crippen LogP contribution < -0.4 is 19.8 Å². The normalized spacial score (nSPS) is 10.7. The molecular weight excluding hydrogens is 396 g/mol. The lowest BCUT2D eigenvalue weighted by Gasteiger charge is -2.12. The van der Waals surface area contributed by atoms with E-state index in [0.29, 0.717) is 28.4 Å². The SMILES string of the molecule is COc1cc(OC)cc(C(=O)Oc2ccc3c(-c4ccccc4)cc(=O)oc3c2C)c1. The van der Waals surface area contributed by atoms with E-state index in [-0.39, 0.29) is 5.56 Å². The van der Waals surface area contributed by atoms with Gasteiger partial charge in [0.05, 0.1) is 19.8 Å². The summed E-state index contributed by atoms with van der Waals surface area (Å²) in [5, 5.41) is 0.756. The Bertz CT molecular complexity index is 1300. The number of carbonyl (C=O) groups excluding carboxylic acids is 1. The second-order valence-electron chi connectivity index (χ2n) is 6.90. The zero-order valence-electron chi connectivity index (χ0n) is 17.3. The molecule has 1 aromatic heterocycles. The van der Waals surface area contributed by atoms with Crippen LogP contribution >= 0.6 is 0 Å². The van der Waals surface area contributed by atoms with Gasteiger partial charge in [-0.05, 0) is 42.3 Å². The van der Waals surface area contributed by atoms with E-state index in [1.807, 2.05) is 30.3 Å². The van der Waals surface area contributed by atoms with Crippen LogP contribution in [0, 0.1) is 6.92 Å². The van der Waals surface area contributed by atoms with Gasteiger partial charge in [-0.3, -0.25) is 0 Å². The Labute approximate surface area is 178 Å². The molecule has 156 valence electrons. The summed E-state index contributed by atoms with van der Waals surface area (Å²) >= 11 is 0. The molecule has 6 nitrogen and oxygen atoms in total. The number of carbonyl (C=O) groups is 1. The highest BCUT2D eigenvalue weighted by Gasteiger charge is 2.17. The molecule has 0 bridgehead atoms. The van der Waals surface area contributed by atoms with Crippen molar-refractivity contribution in [3.8, 4) is 28.4 Å². The molecule has 0 N–H and O–H groups in total. The van der Waals surface area contributed by atoms with Crippen LogP contribution in [0.4, 0.5) is 0 Å². The smallest absolute Gasteiger partial charge is 0.343 e. The summed E-state index contributed by atoms with van der Waals surface area (Å²) in [5.41, 5.74) is 2.37. The lowest BCUT2D eigenvalue weighted by Crippen LogP contribution is -2.10. The van der Waals surface area contributed by atoms with Gasteiger partial charge in [0.1, 0.15) is 22.8 Å². The van der Waals surface area contributed by atoms with Crippen molar-refractivity contribution in [1.29, 1.82) is 0 Å². The van der Waals surface area contributed by atoms with Gasteiger partial charge in [0, 0.05) is 23.1 Å². The molecule has 6 heteroatoms. The molecule has 1 heterocycles. The Hall–Kier alpha value is -4.06. The summed E-state index contributed by atoms with van der Waals surface area (Å²) in [4.78, 5) is 25.0. The van der Waals surface area contributed by atoms with Gasteiger partial charge >= 0.3 is 11.6 Å². The predicted octanol–water partition coefficient (Wildman–Crippen LogP) is 5.00. The van der Waals surface area contributed by atoms with Crippen molar-refractivity contribution in [2.75, 3.05) is 14.2 Å². The Kier molecular flexibility index (Phi) is 5.45. The number of benzene rings is 3. The average molecular weight is 416 g/mol. The fourth-order valence-electron chi connectivity index (χ4n) is 3.39. The molecule has 3 aromatic carbocycles. The molecular formula is C25H20O6. The van der Waals surface area contributed by atoms with Gasteiger partial charge in [-0.2, -0.15) is 0 Å². The Balaban J connectivity index is 1.76. The minimum absolute atomic E-state index is 0.273. The van der Waals surface area contributed by atoms with E-state index in [1.54, 1.807) is 37.3 Å². The van der Waals surface area contributed by atoms with Crippen LogP contribution in [0.25, 0.3) is 22.1 Å². The highest BCUT2D eigenvalue weighted by molar-refractivity contribution is 5.97. The summed E-state index contributed by atoms with van der Waals surface area (Å²) in [7, 11) is 3.01. The first-order valence-electron chi connectivity index (χ1n) is 9.58. The van der Waals surface area contributed by atoms with E-state index in [2.05, 4.69) is 0 Å². The maximum atomic E-state index is 12.8. The molecule has 0 unspecified atom stereocenters. The van der Waals surface area contributed by atoms with Crippen LogP contribution in [-0.2, 0) is 0 Å². The fourth-order valence-corrected chi connectivity index (χ4v) is 3.39. The van der Waals surface area contributed by atoms with Gasteiger partial charge in [0.15, 0.2) is 0 Å². The second kappa shape index (κ2) is 8.36. The van der Waals surface area contributed by atoms with E-state index in [1.165, 1.54) is 20.3 Å². The molecule has 0 saturated heterocycles. The number of hydrogen-bond donors (Lipinski definition) is 0. The third kappa shape index (κ3) is 4.00. The van der Waals surface area contributed by atoms with Gasteiger partial charge in [-0.15, -0.1) is 0 Å². The molecule has 0 atom stereocenters. The molecule has 0 radical (unpaired) electrons. The second-order valence-corrected chi connectivity index (χ2v) is 6.90. The molecule has 0 amide bonds. The van der Waals surface area contributed by atoms with E-state index in [0.717, 1.165) is 16.5 Å². The topological polar surface area (TPSA) is 75.0 Å². The van der Waals surface area contributed by atoms with Crippen molar-refractivity contribution >= 4 is 16.9 Å². The van der Waals surface area contributed by atoms with Crippen LogP contribution in [-0.4, -0.2) is 20.2 Å². The zero-order chi connectivity index (χ0) is 22.0. The predicted molar refractivity (Wildman–Crippen MR) is 117 cm³/mol. The average Bonchev–Trinajstić information content (AvgIpc) is 2.80. The molecule has 0 fully saturated rings. The van der Waals surface area contributed by atoms with Crippen molar-refractivity contribution in [1.82, 2.24) is 0 Å². The zero-order valence-corrected chi connectivity index (χ0v) is 17.3. The summed E-state index contributed by atoms with van der Waals surface area (Å²) < 4.78 is 21.5. The van der Waals surface area contributed by atoms with Crippen LogP contribution in [0.3, 0.4) is 0 Å². The number of rotatable bonds is 5. The monoisotopic (exact) mass is 416 g/mol. The number of ether oxygens (including phenoxy) is 3. The number of aryl methyl sites for hydroxylation is 1. The van der Waals surface area contributed by atoms with E-state index in [9.17, 15) is 9.59 Å². The minimum atomic E-state index is -0.582. The van der Waals surface area contributed by atoms with E-state index in [4.69, 9.17) is 18.6 Å². The van der Waals surface area contributed by atoms with Gasteiger partial charge in [0.25, 0.3) is 0 Å². The highest BCUT2D eigenvalue weighted by atomic mass is 16.5. The van der Waals surface area contributed by atoms with Crippen LogP contribution in [0.5, 0.6) is 17.2 Å². The quantitative estimate of drug-likeness (QED) is 0.259. The molecule has 4 rings (SSSR count). The number of esters is 1. The number of fused-ring (bicyclic) bond motifs is 1. The number of methoxy groups -OCH3 is 2. The van der Waals surface area contributed by atoms with Gasteiger partial charge < -0.3 is 18.6 Å². The minimum Gasteiger partial charge on any atom is -0.497 e. The lowest BCUT2D eigenvalue weighted by atomic mass is 10.0. The molecule has 0 saturated carbocycles. The molecule has 0 aliphatic carbocycles. The molecule has 0 aliphatic rings. The largest absolute Gasteiger partial charge is 0.497 e. The van der Waals surface area contributed by atoms with Crippen LogP contribution in [0.1, 0.15) is 15.9 Å². The maximum Gasteiger partial charge on any atom is 0.343 e. The van der Waals surface area contributed by atoms with Gasteiger partial charge in [-0.25, -0.2) is 9.59 Å². The standard InChI is InChI=1S/C25H20O6/c1-15-22(30-25(27)17-11-18(28-2)13-19(12-17)29-3)10-9-20-21(14-23(26)31-24(15)20)16-7-5-4-6-8-16/h4-14H,1-3H3. The summed E-state index contributed by atoms with van der Waals surface area (Å²) in [6.07, 6.45) is 0. The summed E-state index contributed by atoms with van der Waals surface area (Å²) in [6, 6.07) is 19.3. The first kappa shape index (κ1) is 20.2. The summed E-state index contributed by atoms with van der Waals surface area (Å²) in [5.74, 6) is 0.661. The number of hydrogen-bond acceptors (Lipinski definition) is 6. The van der Waals surface area contributed by atoms with Crippen molar-refractivity contribution in [2.24, 2.45) is 0 Å². The van der Waals surface area contributed by atoms with Crippen molar-refractivity contribution in [2.45, 2.75) is 6.92 Å². The first-order valence-corrected chi connectivity index (χ1v) is 9.58. The maximum absolute atomic E-state index is 12.8. The van der Waals surface area contributed by atoms with E-state index < -0.39 is 11.6 Å². The molecule has 0 spiro atoms. The van der Waals surface area contributed by atoms with Gasteiger partial charge in [-0.1, -0.05) is 30.3 Å². The van der Waals surface area contributed by atoms with Gasteiger partial charge in [0.2, 0.25) is 0 Å². The Morgan fingerprint density at radius 1 is 0.871 bits per heavy atom. The fraction of sp³-hybridized carbons (Fsp3) is 0.120. The lowest BCUT2D eigenvalue weighted by molar-refractivity contribution is 0.0733. The van der Waals surface area contributed by atoms with Crippen molar-refractivity contribution in [3.63, 3.8) is 0 Å². The molecule has 4 aromatic rings. The third-order valence-corrected chi connectivity index (χ3v) is 4.99. The molecule has 0 aliphatic heterocycles. The first-order chi connectivity index (χ1) is 15.0. The van der Waals surface area contributed by atoms with Crippen molar-refractivity contribution in [3.05, 3.63) is 88.3 Å². The van der Waals surface area contributed by atoms with Crippen LogP contribution in [0.15, 0.2) is 75.9 Å². The van der Waals surface area contributed by atoms with Crippen LogP contribution in [0.2, 0.25) is 0 Å². The Morgan fingerprint density at radius 2 is 1.55 bits per heavy atom. The van der Waals surface area contributed by atoms with E-state index >= 15 is 0 Å². The molecule has 31 heavy (non-hydrogen) atoms. The highest BCUT2D eigenvalue weighted by Crippen LogP contribution is 2.33. The summed E-state index contributed by atoms with van der Waals surface area (Å²) in [6.45, 7) is 1.74.